The highest BCUT2D eigenvalue weighted by Gasteiger charge is 2.48. The van der Waals surface area contributed by atoms with Crippen LogP contribution in [0.3, 0.4) is 0 Å². The zero-order valence-corrected chi connectivity index (χ0v) is 8.87. The third-order valence-electron chi connectivity index (χ3n) is 3.49. The third-order valence-corrected chi connectivity index (χ3v) is 3.49. The van der Waals surface area contributed by atoms with E-state index >= 15 is 0 Å². The molecule has 0 radical (unpaired) electrons. The molecule has 0 heterocycles. The summed E-state index contributed by atoms with van der Waals surface area (Å²) in [5.74, 6) is 0.784. The van der Waals surface area contributed by atoms with E-state index in [4.69, 9.17) is 5.73 Å². The van der Waals surface area contributed by atoms with Gasteiger partial charge in [0.05, 0.1) is 0 Å². The van der Waals surface area contributed by atoms with Gasteiger partial charge < -0.3 is 5.73 Å². The number of hydrogen-bond donors (Lipinski definition) is 1. The van der Waals surface area contributed by atoms with E-state index < -0.39 is 0 Å². The van der Waals surface area contributed by atoms with Crippen molar-refractivity contribution in [2.24, 2.45) is 11.7 Å². The molecule has 76 valence electrons. The van der Waals surface area contributed by atoms with Gasteiger partial charge in [0.15, 0.2) is 0 Å². The SMILES string of the molecule is CCC1CC1(N)CCc1ccccc1. The quantitative estimate of drug-likeness (QED) is 0.774. The minimum atomic E-state index is 0.171. The van der Waals surface area contributed by atoms with Gasteiger partial charge in [-0.15, -0.1) is 0 Å². The first-order valence-corrected chi connectivity index (χ1v) is 5.57. The van der Waals surface area contributed by atoms with Crippen molar-refractivity contribution in [3.8, 4) is 0 Å². The molecule has 2 unspecified atom stereocenters. The van der Waals surface area contributed by atoms with Crippen LogP contribution in [0.2, 0.25) is 0 Å². The molecule has 1 aliphatic rings. The average molecular weight is 189 g/mol. The molecule has 1 nitrogen and oxygen atoms in total. The fourth-order valence-corrected chi connectivity index (χ4v) is 2.28. The maximum atomic E-state index is 6.25. The smallest absolute Gasteiger partial charge is 0.0189 e. The van der Waals surface area contributed by atoms with Crippen LogP contribution in [0.4, 0.5) is 0 Å². The molecule has 0 aromatic heterocycles. The predicted octanol–water partition coefficient (Wildman–Crippen LogP) is 2.75. The molecule has 1 aromatic rings. The van der Waals surface area contributed by atoms with E-state index in [0.29, 0.717) is 0 Å². The Balaban J connectivity index is 1.84. The lowest BCUT2D eigenvalue weighted by Gasteiger charge is -2.10. The number of nitrogens with two attached hydrogens (primary N) is 1. The van der Waals surface area contributed by atoms with Crippen LogP contribution in [-0.2, 0) is 6.42 Å². The predicted molar refractivity (Wildman–Crippen MR) is 60.1 cm³/mol. The summed E-state index contributed by atoms with van der Waals surface area (Å²) in [6, 6.07) is 10.6. The summed E-state index contributed by atoms with van der Waals surface area (Å²) in [5.41, 5.74) is 7.84. The number of rotatable bonds is 4. The normalized spacial score (nSPS) is 30.3. The van der Waals surface area contributed by atoms with Gasteiger partial charge in [-0.2, -0.15) is 0 Å². The molecule has 2 atom stereocenters. The highest BCUT2D eigenvalue weighted by molar-refractivity contribution is 5.17. The second kappa shape index (κ2) is 3.74. The zero-order chi connectivity index (χ0) is 10.0. The Morgan fingerprint density at radius 2 is 2.07 bits per heavy atom. The van der Waals surface area contributed by atoms with Crippen LogP contribution in [0, 0.1) is 5.92 Å². The largest absolute Gasteiger partial charge is 0.325 e. The molecular weight excluding hydrogens is 170 g/mol. The summed E-state index contributed by atoms with van der Waals surface area (Å²) in [7, 11) is 0. The Hall–Kier alpha value is -0.820. The summed E-state index contributed by atoms with van der Waals surface area (Å²) in [4.78, 5) is 0. The van der Waals surface area contributed by atoms with Crippen molar-refractivity contribution in [2.45, 2.75) is 38.1 Å². The van der Waals surface area contributed by atoms with Crippen molar-refractivity contribution in [3.63, 3.8) is 0 Å². The summed E-state index contributed by atoms with van der Waals surface area (Å²) < 4.78 is 0. The lowest BCUT2D eigenvalue weighted by molar-refractivity contribution is 0.539. The molecule has 0 aliphatic heterocycles. The van der Waals surface area contributed by atoms with E-state index in [1.54, 1.807) is 0 Å². The Kier molecular flexibility index (Phi) is 2.60. The standard InChI is InChI=1S/C13H19N/c1-2-12-10-13(12,14)9-8-11-6-4-3-5-7-11/h3-7,12H,2,8-10,14H2,1H3. The minimum Gasteiger partial charge on any atom is -0.325 e. The summed E-state index contributed by atoms with van der Waals surface area (Å²) in [6.07, 6.45) is 4.75. The van der Waals surface area contributed by atoms with Crippen LogP contribution >= 0.6 is 0 Å². The van der Waals surface area contributed by atoms with E-state index in [1.807, 2.05) is 0 Å². The van der Waals surface area contributed by atoms with Gasteiger partial charge in [0.25, 0.3) is 0 Å². The lowest BCUT2D eigenvalue weighted by Crippen LogP contribution is -2.25. The topological polar surface area (TPSA) is 26.0 Å². The molecule has 0 saturated heterocycles. The van der Waals surface area contributed by atoms with Gasteiger partial charge in [-0.1, -0.05) is 43.7 Å². The van der Waals surface area contributed by atoms with Gasteiger partial charge in [0.1, 0.15) is 0 Å². The van der Waals surface area contributed by atoms with Crippen LogP contribution in [-0.4, -0.2) is 5.54 Å². The Labute approximate surface area is 86.3 Å². The molecular formula is C13H19N. The fourth-order valence-electron chi connectivity index (χ4n) is 2.28. The number of hydrogen-bond acceptors (Lipinski definition) is 1. The highest BCUT2D eigenvalue weighted by Crippen LogP contribution is 2.46. The van der Waals surface area contributed by atoms with Gasteiger partial charge in [-0.05, 0) is 30.7 Å². The van der Waals surface area contributed by atoms with E-state index in [0.717, 1.165) is 18.8 Å². The average Bonchev–Trinajstić information content (AvgIpc) is 2.89. The van der Waals surface area contributed by atoms with Crippen molar-refractivity contribution < 1.29 is 0 Å². The van der Waals surface area contributed by atoms with Gasteiger partial charge in [-0.25, -0.2) is 0 Å². The van der Waals surface area contributed by atoms with Crippen molar-refractivity contribution in [1.29, 1.82) is 0 Å². The number of benzene rings is 1. The van der Waals surface area contributed by atoms with Crippen LogP contribution in [0.15, 0.2) is 30.3 Å². The van der Waals surface area contributed by atoms with Gasteiger partial charge in [0.2, 0.25) is 0 Å². The Morgan fingerprint density at radius 1 is 1.36 bits per heavy atom. The number of aryl methyl sites for hydroxylation is 1. The van der Waals surface area contributed by atoms with E-state index in [1.165, 1.54) is 18.4 Å². The van der Waals surface area contributed by atoms with Gasteiger partial charge >= 0.3 is 0 Å². The van der Waals surface area contributed by atoms with Crippen LogP contribution in [0.5, 0.6) is 0 Å². The third kappa shape index (κ3) is 1.98. The van der Waals surface area contributed by atoms with Gasteiger partial charge in [-0.3, -0.25) is 0 Å². The Morgan fingerprint density at radius 3 is 2.64 bits per heavy atom. The van der Waals surface area contributed by atoms with E-state index in [-0.39, 0.29) is 5.54 Å². The summed E-state index contributed by atoms with van der Waals surface area (Å²) in [5, 5.41) is 0. The molecule has 0 amide bonds. The molecule has 0 spiro atoms. The van der Waals surface area contributed by atoms with Crippen LogP contribution in [0.1, 0.15) is 31.7 Å². The maximum absolute atomic E-state index is 6.25. The zero-order valence-electron chi connectivity index (χ0n) is 8.87. The van der Waals surface area contributed by atoms with E-state index in [2.05, 4.69) is 37.3 Å². The van der Waals surface area contributed by atoms with Crippen LogP contribution < -0.4 is 5.73 Å². The minimum absolute atomic E-state index is 0.171. The monoisotopic (exact) mass is 189 g/mol. The molecule has 1 heteroatoms. The maximum Gasteiger partial charge on any atom is 0.0189 e. The first-order valence-electron chi connectivity index (χ1n) is 5.57. The van der Waals surface area contributed by atoms with Crippen molar-refractivity contribution in [1.82, 2.24) is 0 Å². The molecule has 2 N–H and O–H groups in total. The second-order valence-electron chi connectivity index (χ2n) is 4.53. The lowest BCUT2D eigenvalue weighted by atomic mass is 10.0. The molecule has 0 bridgehead atoms. The second-order valence-corrected chi connectivity index (χ2v) is 4.53. The van der Waals surface area contributed by atoms with E-state index in [9.17, 15) is 0 Å². The molecule has 1 aromatic carbocycles. The molecule has 1 fully saturated rings. The molecule has 1 aliphatic carbocycles. The van der Waals surface area contributed by atoms with Gasteiger partial charge in [0, 0.05) is 5.54 Å². The van der Waals surface area contributed by atoms with Crippen molar-refractivity contribution in [2.75, 3.05) is 0 Å². The van der Waals surface area contributed by atoms with Crippen molar-refractivity contribution >= 4 is 0 Å². The highest BCUT2D eigenvalue weighted by atomic mass is 14.8. The molecule has 1 saturated carbocycles. The molecule has 14 heavy (non-hydrogen) atoms. The Bertz CT molecular complexity index is 293. The summed E-state index contributed by atoms with van der Waals surface area (Å²) >= 11 is 0. The first kappa shape index (κ1) is 9.72. The first-order chi connectivity index (χ1) is 6.74. The van der Waals surface area contributed by atoms with Crippen LogP contribution in [0.25, 0.3) is 0 Å². The fraction of sp³-hybridized carbons (Fsp3) is 0.538. The van der Waals surface area contributed by atoms with Crippen molar-refractivity contribution in [3.05, 3.63) is 35.9 Å². The molecule has 2 rings (SSSR count). The summed E-state index contributed by atoms with van der Waals surface area (Å²) in [6.45, 7) is 2.24.